The minimum Gasteiger partial charge on any atom is -0.372 e. The Labute approximate surface area is 142 Å². The van der Waals surface area contributed by atoms with Crippen molar-refractivity contribution in [1.29, 1.82) is 0 Å². The van der Waals surface area contributed by atoms with Crippen molar-refractivity contribution in [3.05, 3.63) is 46.8 Å². The third kappa shape index (κ3) is 4.13. The summed E-state index contributed by atoms with van der Waals surface area (Å²) in [5, 5.41) is 0. The number of nitrogens with one attached hydrogen (secondary N) is 1. The number of benzene rings is 1. The summed E-state index contributed by atoms with van der Waals surface area (Å²) in [6.45, 7) is 4.60. The van der Waals surface area contributed by atoms with Crippen LogP contribution in [0.15, 0.2) is 40.6 Å². The first-order valence-corrected chi connectivity index (χ1v) is 10.2. The molecule has 1 saturated heterocycles. The number of rotatable bonds is 6. The maximum atomic E-state index is 12.2. The predicted molar refractivity (Wildman–Crippen MR) is 95.8 cm³/mol. The first-order chi connectivity index (χ1) is 11.0. The fraction of sp³-hybridized carbons (Fsp3) is 0.412. The van der Waals surface area contributed by atoms with E-state index in [2.05, 4.69) is 33.9 Å². The van der Waals surface area contributed by atoms with Gasteiger partial charge in [0.05, 0.1) is 0 Å². The molecular formula is C17H22N2O2S2. The number of nitrogens with zero attached hydrogens (tertiary/aromatic N) is 1. The maximum absolute atomic E-state index is 12.2. The molecule has 1 aromatic carbocycles. The van der Waals surface area contributed by atoms with Gasteiger partial charge in [0.15, 0.2) is 0 Å². The van der Waals surface area contributed by atoms with Crippen molar-refractivity contribution >= 4 is 27.0 Å². The third-order valence-electron chi connectivity index (χ3n) is 4.09. The van der Waals surface area contributed by atoms with Gasteiger partial charge in [-0.25, -0.2) is 13.1 Å². The highest BCUT2D eigenvalue weighted by Gasteiger charge is 2.15. The zero-order valence-electron chi connectivity index (χ0n) is 13.3. The Bertz CT molecular complexity index is 745. The molecule has 0 amide bonds. The average molecular weight is 351 g/mol. The molecule has 1 N–H and O–H groups in total. The summed E-state index contributed by atoms with van der Waals surface area (Å²) in [5.41, 5.74) is 2.42. The van der Waals surface area contributed by atoms with Crippen LogP contribution in [0.2, 0.25) is 0 Å². The molecule has 0 radical (unpaired) electrons. The van der Waals surface area contributed by atoms with Crippen LogP contribution in [-0.2, 0) is 16.4 Å². The molecule has 23 heavy (non-hydrogen) atoms. The topological polar surface area (TPSA) is 49.4 Å². The van der Waals surface area contributed by atoms with Gasteiger partial charge in [0.1, 0.15) is 4.21 Å². The van der Waals surface area contributed by atoms with Crippen LogP contribution in [0.5, 0.6) is 0 Å². The number of aryl methyl sites for hydroxylation is 1. The Kier molecular flexibility index (Phi) is 5.04. The van der Waals surface area contributed by atoms with Crippen molar-refractivity contribution in [2.45, 2.75) is 30.4 Å². The number of sulfonamides is 1. The summed E-state index contributed by atoms with van der Waals surface area (Å²) in [6, 6.07) is 12.0. The fourth-order valence-electron chi connectivity index (χ4n) is 2.81. The Morgan fingerprint density at radius 1 is 1.09 bits per heavy atom. The van der Waals surface area contributed by atoms with Crippen LogP contribution in [0.4, 0.5) is 5.69 Å². The second-order valence-electron chi connectivity index (χ2n) is 5.87. The lowest BCUT2D eigenvalue weighted by atomic mass is 10.1. The van der Waals surface area contributed by atoms with Crippen molar-refractivity contribution in [1.82, 2.24) is 4.72 Å². The molecule has 0 bridgehead atoms. The molecule has 1 aliphatic heterocycles. The standard InChI is InChI=1S/C17H22N2O2S2/c1-14-4-9-17(22-14)23(20,21)18-11-10-15-5-7-16(8-6-15)19-12-2-3-13-19/h4-9,18H,2-3,10-13H2,1H3. The lowest BCUT2D eigenvalue weighted by molar-refractivity contribution is 0.584. The molecular weight excluding hydrogens is 328 g/mol. The van der Waals surface area contributed by atoms with Crippen LogP contribution in [0.3, 0.4) is 0 Å². The van der Waals surface area contributed by atoms with Crippen LogP contribution in [0.1, 0.15) is 23.3 Å². The molecule has 124 valence electrons. The molecule has 1 fully saturated rings. The van der Waals surface area contributed by atoms with E-state index in [0.717, 1.165) is 23.5 Å². The maximum Gasteiger partial charge on any atom is 0.250 e. The van der Waals surface area contributed by atoms with Crippen molar-refractivity contribution < 1.29 is 8.42 Å². The van der Waals surface area contributed by atoms with E-state index in [9.17, 15) is 8.42 Å². The number of thiophene rings is 1. The zero-order chi connectivity index (χ0) is 16.3. The highest BCUT2D eigenvalue weighted by molar-refractivity contribution is 7.91. The second-order valence-corrected chi connectivity index (χ2v) is 9.16. The Hall–Kier alpha value is -1.37. The van der Waals surface area contributed by atoms with Crippen LogP contribution in [0.25, 0.3) is 0 Å². The van der Waals surface area contributed by atoms with E-state index in [1.165, 1.54) is 29.9 Å². The van der Waals surface area contributed by atoms with E-state index in [4.69, 9.17) is 0 Å². The first-order valence-electron chi connectivity index (χ1n) is 7.95. The van der Waals surface area contributed by atoms with Crippen LogP contribution in [-0.4, -0.2) is 28.1 Å². The lowest BCUT2D eigenvalue weighted by Crippen LogP contribution is -2.25. The summed E-state index contributed by atoms with van der Waals surface area (Å²) >= 11 is 1.30. The van der Waals surface area contributed by atoms with Gasteiger partial charge in [0.25, 0.3) is 0 Å². The normalized spacial score (nSPS) is 15.3. The predicted octanol–water partition coefficient (Wildman–Crippen LogP) is 3.18. The molecule has 3 rings (SSSR count). The van der Waals surface area contributed by atoms with E-state index in [1.807, 2.05) is 13.0 Å². The van der Waals surface area contributed by atoms with Gasteiger partial charge in [-0.3, -0.25) is 0 Å². The summed E-state index contributed by atoms with van der Waals surface area (Å²) < 4.78 is 27.4. The van der Waals surface area contributed by atoms with Gasteiger partial charge >= 0.3 is 0 Å². The number of hydrogen-bond donors (Lipinski definition) is 1. The molecule has 2 heterocycles. The Morgan fingerprint density at radius 2 is 1.78 bits per heavy atom. The van der Waals surface area contributed by atoms with E-state index < -0.39 is 10.0 Å². The summed E-state index contributed by atoms with van der Waals surface area (Å²) in [5.74, 6) is 0. The average Bonchev–Trinajstić information content (AvgIpc) is 3.19. The summed E-state index contributed by atoms with van der Waals surface area (Å²) in [7, 11) is -3.37. The fourth-order valence-corrected chi connectivity index (χ4v) is 5.17. The molecule has 0 aliphatic carbocycles. The van der Waals surface area contributed by atoms with Gasteiger partial charge in [-0.15, -0.1) is 11.3 Å². The van der Waals surface area contributed by atoms with Crippen molar-refractivity contribution in [3.63, 3.8) is 0 Å². The van der Waals surface area contributed by atoms with Crippen LogP contribution >= 0.6 is 11.3 Å². The van der Waals surface area contributed by atoms with Crippen LogP contribution < -0.4 is 9.62 Å². The van der Waals surface area contributed by atoms with E-state index in [-0.39, 0.29) is 0 Å². The minimum absolute atomic E-state index is 0.388. The Balaban J connectivity index is 1.54. The lowest BCUT2D eigenvalue weighted by Gasteiger charge is -2.17. The van der Waals surface area contributed by atoms with Gasteiger partial charge in [-0.05, 0) is 56.0 Å². The molecule has 6 heteroatoms. The Morgan fingerprint density at radius 3 is 2.39 bits per heavy atom. The second kappa shape index (κ2) is 7.03. The van der Waals surface area contributed by atoms with Gasteiger partial charge < -0.3 is 4.90 Å². The molecule has 1 aromatic heterocycles. The monoisotopic (exact) mass is 350 g/mol. The third-order valence-corrected chi connectivity index (χ3v) is 7.05. The molecule has 2 aromatic rings. The van der Waals surface area contributed by atoms with Gasteiger partial charge in [0, 0.05) is 30.2 Å². The molecule has 0 saturated carbocycles. The first kappa shape index (κ1) is 16.5. The highest BCUT2D eigenvalue weighted by Crippen LogP contribution is 2.21. The van der Waals surface area contributed by atoms with E-state index in [0.29, 0.717) is 17.2 Å². The van der Waals surface area contributed by atoms with Crippen molar-refractivity contribution in [2.75, 3.05) is 24.5 Å². The molecule has 0 spiro atoms. The molecule has 0 atom stereocenters. The zero-order valence-corrected chi connectivity index (χ0v) is 14.9. The largest absolute Gasteiger partial charge is 0.372 e. The summed E-state index contributed by atoms with van der Waals surface area (Å²) in [4.78, 5) is 3.40. The van der Waals surface area contributed by atoms with Gasteiger partial charge in [0.2, 0.25) is 10.0 Å². The summed E-state index contributed by atoms with van der Waals surface area (Å²) in [6.07, 6.45) is 3.24. The highest BCUT2D eigenvalue weighted by atomic mass is 32.2. The van der Waals surface area contributed by atoms with E-state index >= 15 is 0 Å². The van der Waals surface area contributed by atoms with Gasteiger partial charge in [-0.2, -0.15) is 0 Å². The SMILES string of the molecule is Cc1ccc(S(=O)(=O)NCCc2ccc(N3CCCC3)cc2)s1. The number of hydrogen-bond acceptors (Lipinski definition) is 4. The number of anilines is 1. The van der Waals surface area contributed by atoms with E-state index in [1.54, 1.807) is 6.07 Å². The molecule has 0 unspecified atom stereocenters. The van der Waals surface area contributed by atoms with Crippen molar-refractivity contribution in [2.24, 2.45) is 0 Å². The quantitative estimate of drug-likeness (QED) is 0.870. The molecule has 4 nitrogen and oxygen atoms in total. The van der Waals surface area contributed by atoms with Gasteiger partial charge in [-0.1, -0.05) is 12.1 Å². The van der Waals surface area contributed by atoms with Crippen LogP contribution in [0, 0.1) is 6.92 Å². The molecule has 1 aliphatic rings. The van der Waals surface area contributed by atoms with Crippen molar-refractivity contribution in [3.8, 4) is 0 Å². The minimum atomic E-state index is -3.37. The smallest absolute Gasteiger partial charge is 0.250 e.